The molecule has 0 fully saturated rings. The quantitative estimate of drug-likeness (QED) is 0.678. The molecule has 0 aliphatic rings. The first-order valence-corrected chi connectivity index (χ1v) is 8.68. The van der Waals surface area contributed by atoms with Crippen molar-refractivity contribution in [2.45, 2.75) is 27.1 Å². The van der Waals surface area contributed by atoms with E-state index in [0.717, 1.165) is 31.1 Å². The molecule has 3 aromatic rings. The number of hydrogen-bond acceptors (Lipinski definition) is 2. The van der Waals surface area contributed by atoms with E-state index < -0.39 is 0 Å². The molecule has 0 amide bonds. The average Bonchev–Trinajstić information content (AvgIpc) is 2.96. The van der Waals surface area contributed by atoms with Gasteiger partial charge in [0.1, 0.15) is 6.54 Å². The molecule has 3 rings (SSSR count). The predicted octanol–water partition coefficient (Wildman–Crippen LogP) is 2.98. The largest absolute Gasteiger partial charge is 0.313 e. The van der Waals surface area contributed by atoms with Gasteiger partial charge in [-0.2, -0.15) is 4.98 Å². The van der Waals surface area contributed by atoms with Crippen molar-refractivity contribution in [2.24, 2.45) is 0 Å². The number of quaternary nitrogens is 1. The second kappa shape index (κ2) is 7.55. The Labute approximate surface area is 147 Å². The molecule has 2 N–H and O–H groups in total. The van der Waals surface area contributed by atoms with E-state index in [0.29, 0.717) is 4.77 Å². The van der Waals surface area contributed by atoms with Gasteiger partial charge in [0.15, 0.2) is 12.5 Å². The zero-order chi connectivity index (χ0) is 16.9. The van der Waals surface area contributed by atoms with Crippen molar-refractivity contribution < 1.29 is 4.90 Å². The lowest BCUT2D eigenvalue weighted by atomic mass is 10.1. The molecule has 0 radical (unpaired) electrons. The van der Waals surface area contributed by atoms with Gasteiger partial charge in [0.05, 0.1) is 6.54 Å². The van der Waals surface area contributed by atoms with Gasteiger partial charge in [-0.3, -0.25) is 5.10 Å². The van der Waals surface area contributed by atoms with E-state index in [2.05, 4.69) is 72.5 Å². The topological polar surface area (TPSA) is 38.0 Å². The first kappa shape index (κ1) is 16.6. The van der Waals surface area contributed by atoms with E-state index in [1.54, 1.807) is 0 Å². The first-order chi connectivity index (χ1) is 11.7. The van der Waals surface area contributed by atoms with Crippen LogP contribution < -0.4 is 4.90 Å². The Bertz CT molecular complexity index is 834. The molecule has 1 aromatic heterocycles. The normalized spacial score (nSPS) is 12.2. The standard InChI is InChI=1S/C19H22N4S/c1-3-22(13-16-7-5-4-6-8-16)14-23-19(24)20-18(21-23)17-11-9-15(2)10-12-17/h4-12H,3,13-14H2,1-2H3,(H,20,21,24)/p+1. The molecular formula is C19H23N4S+. The summed E-state index contributed by atoms with van der Waals surface area (Å²) in [5.41, 5.74) is 3.63. The van der Waals surface area contributed by atoms with Crippen molar-refractivity contribution in [3.8, 4) is 11.4 Å². The van der Waals surface area contributed by atoms with Crippen LogP contribution in [0.2, 0.25) is 0 Å². The molecule has 0 aliphatic heterocycles. The van der Waals surface area contributed by atoms with Crippen LogP contribution in [0.25, 0.3) is 11.4 Å². The number of nitrogens with one attached hydrogen (secondary N) is 2. The third-order valence-corrected chi connectivity index (χ3v) is 4.49. The minimum atomic E-state index is 0.601. The Kier molecular flexibility index (Phi) is 5.23. The van der Waals surface area contributed by atoms with Crippen LogP contribution in [0.1, 0.15) is 18.1 Å². The van der Waals surface area contributed by atoms with Crippen LogP contribution >= 0.6 is 12.2 Å². The number of hydrogen-bond donors (Lipinski definition) is 2. The van der Waals surface area contributed by atoms with Crippen LogP contribution in [-0.2, 0) is 13.2 Å². The fourth-order valence-corrected chi connectivity index (χ4v) is 2.91. The second-order valence-electron chi connectivity index (χ2n) is 6.07. The van der Waals surface area contributed by atoms with Crippen LogP contribution in [0.3, 0.4) is 0 Å². The highest BCUT2D eigenvalue weighted by Gasteiger charge is 2.11. The lowest BCUT2D eigenvalue weighted by Crippen LogP contribution is -3.09. The van der Waals surface area contributed by atoms with Crippen LogP contribution in [0.15, 0.2) is 54.6 Å². The maximum absolute atomic E-state index is 5.44. The zero-order valence-electron chi connectivity index (χ0n) is 14.1. The number of aromatic nitrogens is 3. The highest BCUT2D eigenvalue weighted by Crippen LogP contribution is 2.15. The summed E-state index contributed by atoms with van der Waals surface area (Å²) in [6.07, 6.45) is 0. The van der Waals surface area contributed by atoms with E-state index in [9.17, 15) is 0 Å². The summed E-state index contributed by atoms with van der Waals surface area (Å²) in [4.78, 5) is 5.94. The summed E-state index contributed by atoms with van der Waals surface area (Å²) < 4.78 is 2.57. The first-order valence-electron chi connectivity index (χ1n) is 8.27. The van der Waals surface area contributed by atoms with Crippen molar-refractivity contribution in [1.82, 2.24) is 14.8 Å². The van der Waals surface area contributed by atoms with Gasteiger partial charge < -0.3 is 4.90 Å². The van der Waals surface area contributed by atoms with Gasteiger partial charge in [0.25, 0.3) is 0 Å². The van der Waals surface area contributed by atoms with Gasteiger partial charge in [0, 0.05) is 11.1 Å². The summed E-state index contributed by atoms with van der Waals surface area (Å²) in [5, 5.41) is 3.35. The third-order valence-electron chi connectivity index (χ3n) is 4.18. The van der Waals surface area contributed by atoms with E-state index in [4.69, 9.17) is 12.2 Å². The molecule has 24 heavy (non-hydrogen) atoms. The minimum absolute atomic E-state index is 0.601. The van der Waals surface area contributed by atoms with E-state index in [-0.39, 0.29) is 0 Å². The Hall–Kier alpha value is -2.24. The summed E-state index contributed by atoms with van der Waals surface area (Å²) in [5.74, 6) is 0.829. The number of benzene rings is 2. The molecule has 124 valence electrons. The summed E-state index contributed by atoms with van der Waals surface area (Å²) in [6, 6.07) is 18.9. The maximum atomic E-state index is 5.44. The van der Waals surface area contributed by atoms with Crippen molar-refractivity contribution in [3.05, 3.63) is 70.5 Å². The lowest BCUT2D eigenvalue weighted by Gasteiger charge is -2.17. The SMILES string of the molecule is CC[NH+](Cc1ccccc1)Cn1[nH]c(-c2ccc(C)cc2)nc1=S. The zero-order valence-corrected chi connectivity index (χ0v) is 14.9. The molecular weight excluding hydrogens is 316 g/mol. The fraction of sp³-hybridized carbons (Fsp3) is 0.263. The van der Waals surface area contributed by atoms with Gasteiger partial charge in [-0.25, -0.2) is 4.68 Å². The summed E-state index contributed by atoms with van der Waals surface area (Å²) >= 11 is 5.44. The highest BCUT2D eigenvalue weighted by molar-refractivity contribution is 7.71. The highest BCUT2D eigenvalue weighted by atomic mass is 32.1. The third kappa shape index (κ3) is 3.99. The van der Waals surface area contributed by atoms with Crippen molar-refractivity contribution in [1.29, 1.82) is 0 Å². The van der Waals surface area contributed by atoms with Crippen molar-refractivity contribution in [2.75, 3.05) is 6.54 Å². The number of aromatic amines is 1. The molecule has 1 heterocycles. The number of aryl methyl sites for hydroxylation is 1. The van der Waals surface area contributed by atoms with Crippen molar-refractivity contribution in [3.63, 3.8) is 0 Å². The molecule has 0 spiro atoms. The summed E-state index contributed by atoms with van der Waals surface area (Å²) in [7, 11) is 0. The van der Waals surface area contributed by atoms with Crippen LogP contribution in [0.5, 0.6) is 0 Å². The van der Waals surface area contributed by atoms with Gasteiger partial charge in [0.2, 0.25) is 4.77 Å². The Morgan fingerprint density at radius 1 is 1.08 bits per heavy atom. The van der Waals surface area contributed by atoms with Crippen molar-refractivity contribution >= 4 is 12.2 Å². The molecule has 0 saturated carbocycles. The smallest absolute Gasteiger partial charge is 0.221 e. The molecule has 1 atom stereocenters. The predicted molar refractivity (Wildman–Crippen MR) is 99.2 cm³/mol. The Morgan fingerprint density at radius 3 is 2.46 bits per heavy atom. The molecule has 4 nitrogen and oxygen atoms in total. The van der Waals surface area contributed by atoms with Gasteiger partial charge in [-0.05, 0) is 26.1 Å². The molecule has 0 bridgehead atoms. The lowest BCUT2D eigenvalue weighted by molar-refractivity contribution is -0.935. The monoisotopic (exact) mass is 339 g/mol. The number of rotatable bonds is 6. The Morgan fingerprint density at radius 2 is 1.79 bits per heavy atom. The molecule has 5 heteroatoms. The van der Waals surface area contributed by atoms with E-state index in [1.165, 1.54) is 16.0 Å². The minimum Gasteiger partial charge on any atom is -0.313 e. The van der Waals surface area contributed by atoms with Crippen LogP contribution in [0, 0.1) is 11.7 Å². The number of nitrogens with zero attached hydrogens (tertiary/aromatic N) is 2. The average molecular weight is 339 g/mol. The van der Waals surface area contributed by atoms with E-state index >= 15 is 0 Å². The number of H-pyrrole nitrogens is 1. The maximum Gasteiger partial charge on any atom is 0.221 e. The fourth-order valence-electron chi connectivity index (χ4n) is 2.71. The molecule has 0 saturated heterocycles. The van der Waals surface area contributed by atoms with Crippen LogP contribution in [0.4, 0.5) is 0 Å². The van der Waals surface area contributed by atoms with E-state index in [1.807, 2.05) is 10.7 Å². The van der Waals surface area contributed by atoms with Gasteiger partial charge in [-0.1, -0.05) is 60.2 Å². The Balaban J connectivity index is 1.77. The molecule has 1 unspecified atom stereocenters. The van der Waals surface area contributed by atoms with Gasteiger partial charge in [-0.15, -0.1) is 0 Å². The molecule has 0 aliphatic carbocycles. The second-order valence-corrected chi connectivity index (χ2v) is 6.44. The van der Waals surface area contributed by atoms with Gasteiger partial charge >= 0.3 is 0 Å². The molecule has 2 aromatic carbocycles. The summed E-state index contributed by atoms with van der Waals surface area (Å²) in [6.45, 7) is 7.05. The van der Waals surface area contributed by atoms with Crippen LogP contribution in [-0.4, -0.2) is 21.3 Å².